The standard InChI is InChI=1S/C19H23FN7O9PS2/c20-7-3-26(19(31)24-16(7)30)12-1-8(29)11(35-12)5-33-37(32,39)36-9-2-13(34-10(9)4-28)27-6-22-14-15(27)23-18(21)25-17(14)38/h3,6,8-13,28-29H,1-2,4-5H2,(H,32,39)(H,24,30,31)(H3,21,23,25,38)/t8-,9-,10?,11?,12-,13-,37?/m1/s1. The summed E-state index contributed by atoms with van der Waals surface area (Å²) >= 11 is 9.20. The molecule has 6 N–H and O–H groups in total. The van der Waals surface area contributed by atoms with E-state index in [2.05, 4.69) is 27.2 Å². The number of ether oxygens (including phenoxy) is 2. The van der Waals surface area contributed by atoms with Crippen molar-refractivity contribution in [1.29, 1.82) is 0 Å². The molecular weight excluding hydrogens is 584 g/mol. The summed E-state index contributed by atoms with van der Waals surface area (Å²) < 4.78 is 51.6. The normalized spacial score (nSPS) is 28.7. The molecule has 5 rings (SSSR count). The predicted molar refractivity (Wildman–Crippen MR) is 136 cm³/mol. The van der Waals surface area contributed by atoms with E-state index in [9.17, 15) is 28.8 Å². The molecule has 0 amide bonds. The molecule has 2 saturated heterocycles. The number of nitrogens with two attached hydrogens (primary N) is 1. The third-order valence-corrected chi connectivity index (χ3v) is 8.17. The SMILES string of the molecule is Nc1nc2c(ncn2[C@H]2C[C@@H](OP(=O)(S)OCC3O[C@@H](n4cc(F)c(=O)[nH]c4=O)C[C@H]3O)C(CO)O2)c(=S)[nH]1. The molecule has 0 saturated carbocycles. The summed E-state index contributed by atoms with van der Waals surface area (Å²) in [7, 11) is 0. The van der Waals surface area contributed by atoms with E-state index in [1.165, 1.54) is 6.33 Å². The summed E-state index contributed by atoms with van der Waals surface area (Å²) in [6.45, 7) is -5.04. The van der Waals surface area contributed by atoms with Gasteiger partial charge in [-0.25, -0.2) is 14.3 Å². The van der Waals surface area contributed by atoms with Gasteiger partial charge in [0.1, 0.15) is 40.9 Å². The number of rotatable bonds is 8. The van der Waals surface area contributed by atoms with Gasteiger partial charge in [0, 0.05) is 12.8 Å². The average Bonchev–Trinajstić information content (AvgIpc) is 3.56. The van der Waals surface area contributed by atoms with E-state index in [1.54, 1.807) is 9.55 Å². The Hall–Kier alpha value is -2.48. The number of hydrogen-bond acceptors (Lipinski definition) is 13. The van der Waals surface area contributed by atoms with Gasteiger partial charge in [-0.1, -0.05) is 24.5 Å². The molecule has 3 unspecified atom stereocenters. The quantitative estimate of drug-likeness (QED) is 0.114. The Morgan fingerprint density at radius 1 is 1.26 bits per heavy atom. The van der Waals surface area contributed by atoms with Crippen molar-refractivity contribution >= 4 is 48.4 Å². The van der Waals surface area contributed by atoms with Crippen LogP contribution in [0.25, 0.3) is 11.2 Å². The fourth-order valence-corrected chi connectivity index (χ4v) is 6.15. The molecule has 3 aromatic rings. The second-order valence-electron chi connectivity index (χ2n) is 8.81. The van der Waals surface area contributed by atoms with Gasteiger partial charge in [0.05, 0.1) is 31.8 Å². The second kappa shape index (κ2) is 10.8. The number of aromatic nitrogens is 6. The third-order valence-electron chi connectivity index (χ3n) is 6.23. The Labute approximate surface area is 227 Å². The zero-order valence-electron chi connectivity index (χ0n) is 19.7. The van der Waals surface area contributed by atoms with Gasteiger partial charge in [-0.3, -0.25) is 28.0 Å². The summed E-state index contributed by atoms with van der Waals surface area (Å²) in [5.74, 6) is -1.14. The number of thiol groups is 1. The highest BCUT2D eigenvalue weighted by atomic mass is 32.7. The summed E-state index contributed by atoms with van der Waals surface area (Å²) in [5, 5.41) is 20.1. The van der Waals surface area contributed by atoms with Crippen LogP contribution in [0.3, 0.4) is 0 Å². The number of nitrogens with one attached hydrogen (secondary N) is 2. The number of nitrogen functional groups attached to an aromatic ring is 1. The third kappa shape index (κ3) is 5.72. The maximum Gasteiger partial charge on any atom is 0.386 e. The van der Waals surface area contributed by atoms with Crippen molar-refractivity contribution in [2.24, 2.45) is 0 Å². The molecule has 212 valence electrons. The fourth-order valence-electron chi connectivity index (χ4n) is 4.38. The summed E-state index contributed by atoms with van der Waals surface area (Å²) in [6.07, 6.45) is -3.88. The molecular formula is C19H23FN7O9PS2. The van der Waals surface area contributed by atoms with Crippen LogP contribution >= 0.6 is 31.3 Å². The summed E-state index contributed by atoms with van der Waals surface area (Å²) in [5.41, 5.74) is 4.36. The van der Waals surface area contributed by atoms with Gasteiger partial charge in [-0.05, 0) is 0 Å². The lowest BCUT2D eigenvalue weighted by molar-refractivity contribution is -0.0500. The number of imidazole rings is 1. The minimum absolute atomic E-state index is 0.0705. The molecule has 16 nitrogen and oxygen atoms in total. The first-order chi connectivity index (χ1) is 18.5. The lowest BCUT2D eigenvalue weighted by Crippen LogP contribution is -2.34. The first-order valence-electron chi connectivity index (χ1n) is 11.4. The van der Waals surface area contributed by atoms with Gasteiger partial charge in [0.25, 0.3) is 5.56 Å². The Morgan fingerprint density at radius 2 is 1.97 bits per heavy atom. The Morgan fingerprint density at radius 3 is 2.72 bits per heavy atom. The van der Waals surface area contributed by atoms with Crippen molar-refractivity contribution in [2.75, 3.05) is 18.9 Å². The fraction of sp³-hybridized carbons (Fsp3) is 0.526. The van der Waals surface area contributed by atoms with E-state index in [0.717, 1.165) is 4.57 Å². The van der Waals surface area contributed by atoms with Crippen LogP contribution in [0.5, 0.6) is 0 Å². The van der Waals surface area contributed by atoms with Crippen molar-refractivity contribution in [3.05, 3.63) is 43.8 Å². The first kappa shape index (κ1) is 28.1. The number of aliphatic hydroxyl groups excluding tert-OH is 2. The van der Waals surface area contributed by atoms with Gasteiger partial charge < -0.3 is 30.4 Å². The van der Waals surface area contributed by atoms with E-state index in [0.29, 0.717) is 17.4 Å². The number of anilines is 1. The lowest BCUT2D eigenvalue weighted by Gasteiger charge is -2.22. The molecule has 0 spiro atoms. The molecule has 7 atom stereocenters. The van der Waals surface area contributed by atoms with Crippen LogP contribution in [0.15, 0.2) is 22.1 Å². The lowest BCUT2D eigenvalue weighted by atomic mass is 10.2. The highest BCUT2D eigenvalue weighted by Gasteiger charge is 2.42. The van der Waals surface area contributed by atoms with Crippen molar-refractivity contribution in [3.63, 3.8) is 0 Å². The molecule has 0 aromatic carbocycles. The van der Waals surface area contributed by atoms with Crippen molar-refractivity contribution in [2.45, 2.75) is 49.7 Å². The second-order valence-corrected chi connectivity index (χ2v) is 12.1. The van der Waals surface area contributed by atoms with E-state index < -0.39 is 73.9 Å². The number of hydrogen-bond donors (Lipinski definition) is 6. The summed E-state index contributed by atoms with van der Waals surface area (Å²) in [4.78, 5) is 36.2. The Balaban J connectivity index is 1.23. The van der Waals surface area contributed by atoms with Crippen LogP contribution in [0.1, 0.15) is 25.3 Å². The average molecular weight is 608 g/mol. The van der Waals surface area contributed by atoms with Gasteiger partial charge in [-0.15, -0.1) is 0 Å². The Bertz CT molecular complexity index is 1610. The zero-order valence-corrected chi connectivity index (χ0v) is 22.4. The van der Waals surface area contributed by atoms with Crippen LogP contribution in [-0.4, -0.2) is 76.9 Å². The molecule has 2 aliphatic heterocycles. The molecule has 0 radical (unpaired) electrons. The molecule has 5 heterocycles. The number of nitrogens with zero attached hydrogens (tertiary/aromatic N) is 4. The maximum atomic E-state index is 13.6. The molecule has 2 fully saturated rings. The number of H-pyrrole nitrogens is 2. The van der Waals surface area contributed by atoms with Crippen LogP contribution in [0.4, 0.5) is 10.3 Å². The first-order valence-corrected chi connectivity index (χ1v) is 14.5. The smallest absolute Gasteiger partial charge is 0.386 e. The Kier molecular flexibility index (Phi) is 7.79. The highest BCUT2D eigenvalue weighted by Crippen LogP contribution is 2.56. The van der Waals surface area contributed by atoms with Gasteiger partial charge >= 0.3 is 12.5 Å². The number of halogens is 1. The molecule has 0 aliphatic carbocycles. The molecule has 20 heteroatoms. The monoisotopic (exact) mass is 607 g/mol. The van der Waals surface area contributed by atoms with E-state index >= 15 is 0 Å². The number of aliphatic hydroxyl groups is 2. The predicted octanol–water partition coefficient (Wildman–Crippen LogP) is 0.128. The van der Waals surface area contributed by atoms with Crippen LogP contribution < -0.4 is 17.0 Å². The maximum absolute atomic E-state index is 13.6. The largest absolute Gasteiger partial charge is 0.394 e. The van der Waals surface area contributed by atoms with Gasteiger partial charge in [-0.2, -0.15) is 9.37 Å². The van der Waals surface area contributed by atoms with Crippen molar-refractivity contribution < 1.29 is 37.7 Å². The van der Waals surface area contributed by atoms with Crippen molar-refractivity contribution in [1.82, 2.24) is 29.1 Å². The summed E-state index contributed by atoms with van der Waals surface area (Å²) in [6, 6.07) is 0. The van der Waals surface area contributed by atoms with Gasteiger partial charge in [0.2, 0.25) is 11.8 Å². The molecule has 0 bridgehead atoms. The van der Waals surface area contributed by atoms with Crippen LogP contribution in [0, 0.1) is 10.5 Å². The van der Waals surface area contributed by atoms with Crippen molar-refractivity contribution in [3.8, 4) is 0 Å². The van der Waals surface area contributed by atoms with Crippen LogP contribution in [0.2, 0.25) is 0 Å². The molecule has 2 aliphatic rings. The molecule has 39 heavy (non-hydrogen) atoms. The van der Waals surface area contributed by atoms with E-state index in [-0.39, 0.29) is 23.4 Å². The number of aromatic amines is 2. The van der Waals surface area contributed by atoms with Crippen LogP contribution in [-0.2, 0) is 23.1 Å². The van der Waals surface area contributed by atoms with Gasteiger partial charge in [0.15, 0.2) is 5.65 Å². The number of fused-ring (bicyclic) bond motifs is 1. The zero-order chi connectivity index (χ0) is 28.1. The topological polar surface area (TPSA) is 222 Å². The molecule has 3 aromatic heterocycles. The minimum atomic E-state index is -4.10. The minimum Gasteiger partial charge on any atom is -0.394 e. The van der Waals surface area contributed by atoms with E-state index in [1.807, 2.05) is 0 Å². The van der Waals surface area contributed by atoms with E-state index in [4.69, 9.17) is 36.5 Å². The highest BCUT2D eigenvalue weighted by molar-refractivity contribution is 8.44.